The Morgan fingerprint density at radius 1 is 0.758 bits per heavy atom. The smallest absolute Gasteiger partial charge is 0.308 e. The number of nitrogens with one attached hydrogen (secondary N) is 2. The van der Waals surface area contributed by atoms with Gasteiger partial charge in [-0.05, 0) is 115 Å². The van der Waals surface area contributed by atoms with Crippen LogP contribution in [0.5, 0.6) is 0 Å². The molecule has 3 heterocycles. The lowest BCUT2D eigenvalue weighted by Gasteiger charge is -2.41. The molecule has 3 aromatic carbocycles. The third kappa shape index (κ3) is 12.6. The Labute approximate surface area is 366 Å². The Morgan fingerprint density at radius 3 is 1.89 bits per heavy atom. The van der Waals surface area contributed by atoms with E-state index >= 15 is 0 Å². The highest BCUT2D eigenvalue weighted by molar-refractivity contribution is 6.12. The summed E-state index contributed by atoms with van der Waals surface area (Å²) in [4.78, 5) is 40.5. The number of ether oxygens (including phenoxy) is 5. The number of aromatic nitrogens is 1. The minimum atomic E-state index is -0.953. The lowest BCUT2D eigenvalue weighted by Crippen LogP contribution is -2.47. The topological polar surface area (TPSA) is 126 Å². The molecule has 4 unspecified atom stereocenters. The quantitative estimate of drug-likeness (QED) is 0.113. The molecule has 2 N–H and O–H groups in total. The minimum absolute atomic E-state index is 0.0693. The number of nitrogens with zero attached hydrogens (tertiary/aromatic N) is 1. The van der Waals surface area contributed by atoms with E-state index in [2.05, 4.69) is 29.0 Å². The Hall–Kier alpha value is -4.88. The van der Waals surface area contributed by atoms with Gasteiger partial charge in [0.15, 0.2) is 11.6 Å². The van der Waals surface area contributed by atoms with Gasteiger partial charge in [-0.3, -0.25) is 14.4 Å². The van der Waals surface area contributed by atoms with E-state index in [9.17, 15) is 18.8 Å². The van der Waals surface area contributed by atoms with Crippen LogP contribution in [0.4, 0.5) is 10.1 Å². The molecule has 0 spiro atoms. The van der Waals surface area contributed by atoms with Gasteiger partial charge in [-0.2, -0.15) is 0 Å². The summed E-state index contributed by atoms with van der Waals surface area (Å²) in [7, 11) is 0. The first-order valence-electron chi connectivity index (χ1n) is 21.9. The number of carbonyl (C=O) groups is 3. The summed E-state index contributed by atoms with van der Waals surface area (Å²) in [6.45, 7) is 17.9. The summed E-state index contributed by atoms with van der Waals surface area (Å²) in [5.74, 6) is -2.95. The van der Waals surface area contributed by atoms with Crippen LogP contribution in [0.1, 0.15) is 123 Å². The van der Waals surface area contributed by atoms with E-state index in [1.54, 1.807) is 12.1 Å². The van der Waals surface area contributed by atoms with E-state index in [4.69, 9.17) is 23.7 Å². The van der Waals surface area contributed by atoms with Crippen LogP contribution in [-0.2, 0) is 39.8 Å². The average Bonchev–Trinajstić information content (AvgIpc) is 3.52. The number of anilines is 1. The molecular weight excluding hydrogens is 790 g/mol. The molecule has 2 fully saturated rings. The first-order valence-corrected chi connectivity index (χ1v) is 21.9. The maximum absolute atomic E-state index is 14.5. The Balaban J connectivity index is 1.18. The van der Waals surface area contributed by atoms with Crippen LogP contribution in [0.25, 0.3) is 22.4 Å². The lowest BCUT2D eigenvalue weighted by molar-refractivity contribution is -0.300. The highest BCUT2D eigenvalue weighted by atomic mass is 19.1. The molecule has 2 saturated heterocycles. The van der Waals surface area contributed by atoms with Gasteiger partial charge in [0, 0.05) is 42.9 Å². The fourth-order valence-corrected chi connectivity index (χ4v) is 8.75. The number of esters is 1. The number of rotatable bonds is 15. The van der Waals surface area contributed by atoms with Gasteiger partial charge in [-0.1, -0.05) is 62.4 Å². The number of benzene rings is 3. The molecule has 2 amide bonds. The second kappa shape index (κ2) is 19.7. The van der Waals surface area contributed by atoms with Crippen molar-refractivity contribution in [2.45, 2.75) is 155 Å². The molecule has 0 bridgehead atoms. The summed E-state index contributed by atoms with van der Waals surface area (Å²) < 4.78 is 47.1. The molecule has 62 heavy (non-hydrogen) atoms. The molecule has 11 nitrogen and oxygen atoms in total. The summed E-state index contributed by atoms with van der Waals surface area (Å²) in [5, 5.41) is 6.19. The van der Waals surface area contributed by atoms with Crippen LogP contribution < -0.4 is 10.6 Å². The van der Waals surface area contributed by atoms with E-state index < -0.39 is 23.3 Å². The number of hydrogen-bond acceptors (Lipinski definition) is 8. The molecule has 12 heteroatoms. The highest BCUT2D eigenvalue weighted by Crippen LogP contribution is 2.43. The molecule has 4 atom stereocenters. The van der Waals surface area contributed by atoms with Crippen molar-refractivity contribution in [3.05, 3.63) is 102 Å². The van der Waals surface area contributed by atoms with Crippen LogP contribution in [0.15, 0.2) is 84.9 Å². The van der Waals surface area contributed by atoms with E-state index in [0.29, 0.717) is 50.0 Å². The van der Waals surface area contributed by atoms with Gasteiger partial charge in [0.1, 0.15) is 11.4 Å². The Morgan fingerprint density at radius 2 is 1.31 bits per heavy atom. The van der Waals surface area contributed by atoms with Crippen molar-refractivity contribution in [3.8, 4) is 22.4 Å². The Bertz CT molecular complexity index is 2140. The maximum Gasteiger partial charge on any atom is 0.308 e. The first-order chi connectivity index (χ1) is 29.3. The summed E-state index contributed by atoms with van der Waals surface area (Å²) in [6.07, 6.45) is 1.11. The van der Waals surface area contributed by atoms with Crippen LogP contribution >= 0.6 is 0 Å². The molecule has 2 aliphatic heterocycles. The summed E-state index contributed by atoms with van der Waals surface area (Å²) in [5.41, 5.74) is 4.74. The molecule has 334 valence electrons. The van der Waals surface area contributed by atoms with Gasteiger partial charge >= 0.3 is 5.97 Å². The van der Waals surface area contributed by atoms with Crippen LogP contribution in [0.2, 0.25) is 0 Å². The summed E-state index contributed by atoms with van der Waals surface area (Å²) >= 11 is 0. The second-order valence-electron chi connectivity index (χ2n) is 18.6. The first kappa shape index (κ1) is 46.6. The van der Waals surface area contributed by atoms with Crippen molar-refractivity contribution < 1.29 is 42.5 Å². The summed E-state index contributed by atoms with van der Waals surface area (Å²) in [6, 6.07) is 25.6. The van der Waals surface area contributed by atoms with Crippen molar-refractivity contribution in [1.29, 1.82) is 0 Å². The van der Waals surface area contributed by atoms with Crippen LogP contribution in [0.3, 0.4) is 0 Å². The normalized spacial score (nSPS) is 21.0. The van der Waals surface area contributed by atoms with Gasteiger partial charge in [0.25, 0.3) is 5.91 Å². The van der Waals surface area contributed by atoms with Crippen LogP contribution in [0, 0.1) is 5.82 Å². The fraction of sp³-hybridized carbons (Fsp3) is 0.500. The second-order valence-corrected chi connectivity index (χ2v) is 18.6. The van der Waals surface area contributed by atoms with Crippen molar-refractivity contribution in [2.75, 3.05) is 11.9 Å². The third-order valence-electron chi connectivity index (χ3n) is 10.8. The van der Waals surface area contributed by atoms with Gasteiger partial charge < -0.3 is 38.9 Å². The Kier molecular flexibility index (Phi) is 14.8. The van der Waals surface area contributed by atoms with Gasteiger partial charge in [0.05, 0.1) is 48.5 Å². The van der Waals surface area contributed by atoms with E-state index in [1.165, 1.54) is 12.1 Å². The largest absolute Gasteiger partial charge is 0.460 e. The van der Waals surface area contributed by atoms with Crippen molar-refractivity contribution in [2.24, 2.45) is 0 Å². The number of halogens is 1. The van der Waals surface area contributed by atoms with Gasteiger partial charge in [0.2, 0.25) is 5.91 Å². The zero-order valence-electron chi connectivity index (χ0n) is 37.7. The van der Waals surface area contributed by atoms with Crippen molar-refractivity contribution in [3.63, 3.8) is 0 Å². The fourth-order valence-electron chi connectivity index (χ4n) is 8.75. The number of amides is 2. The van der Waals surface area contributed by atoms with Gasteiger partial charge in [-0.25, -0.2) is 4.39 Å². The molecular formula is C50H64FN3O8. The SMILES string of the molecule is CC(C)c1c(C(=O)Nc2ccccc2)c(-c2ccccc2)c(-c2ccc(F)cc2)n1CCC1CC(CC(=O)NCCC2CC(CC(=O)OC(C)(C)C)OC(C)(C)O2)OC(C)(C)O1. The molecule has 1 aromatic heterocycles. The van der Waals surface area contributed by atoms with Gasteiger partial charge in [-0.15, -0.1) is 0 Å². The van der Waals surface area contributed by atoms with Crippen LogP contribution in [-0.4, -0.2) is 70.5 Å². The molecule has 4 aromatic rings. The molecule has 0 radical (unpaired) electrons. The third-order valence-corrected chi connectivity index (χ3v) is 10.8. The van der Waals surface area contributed by atoms with Crippen molar-refractivity contribution in [1.82, 2.24) is 9.88 Å². The molecule has 6 rings (SSSR count). The molecule has 0 saturated carbocycles. The minimum Gasteiger partial charge on any atom is -0.460 e. The lowest BCUT2D eigenvalue weighted by atomic mass is 9.94. The number of para-hydroxylation sites is 1. The maximum atomic E-state index is 14.5. The van der Waals surface area contributed by atoms with E-state index in [1.807, 2.05) is 109 Å². The number of hydrogen-bond donors (Lipinski definition) is 2. The monoisotopic (exact) mass is 853 g/mol. The predicted molar refractivity (Wildman–Crippen MR) is 238 cm³/mol. The molecule has 2 aliphatic rings. The standard InChI is InChI=1S/C50H64FN3O8/c1-32(2)45-44(47(57)53-36-18-14-11-15-19-36)43(33-16-12-10-13-17-33)46(34-20-22-35(51)23-21-34)54(45)27-25-38-29-39(60-50(8,9)59-38)30-41(55)52-26-24-37-28-40(61-49(6,7)58-37)31-42(56)62-48(3,4)5/h10-23,32,37-40H,24-31H2,1-9H3,(H,52,55)(H,53,57). The van der Waals surface area contributed by atoms with E-state index in [-0.39, 0.29) is 60.7 Å². The zero-order valence-corrected chi connectivity index (χ0v) is 37.7. The predicted octanol–water partition coefficient (Wildman–Crippen LogP) is 10.2. The molecule has 0 aliphatic carbocycles. The number of carbonyl (C=O) groups excluding carboxylic acids is 3. The average molecular weight is 854 g/mol. The highest BCUT2D eigenvalue weighted by Gasteiger charge is 2.39. The van der Waals surface area contributed by atoms with E-state index in [0.717, 1.165) is 28.1 Å². The van der Waals surface area contributed by atoms with Crippen molar-refractivity contribution >= 4 is 23.5 Å². The zero-order chi connectivity index (χ0) is 44.8.